The minimum Gasteiger partial charge on any atom is -0.299 e. The lowest BCUT2D eigenvalue weighted by Crippen LogP contribution is -2.51. The molecule has 0 amide bonds. The highest BCUT2D eigenvalue weighted by molar-refractivity contribution is 6.11. The van der Waals surface area contributed by atoms with E-state index in [1.807, 2.05) is 0 Å². The molecule has 2 atom stereocenters. The van der Waals surface area contributed by atoms with Crippen molar-refractivity contribution < 1.29 is 9.59 Å². The molecule has 3 aliphatic rings. The summed E-state index contributed by atoms with van der Waals surface area (Å²) in [5, 5.41) is 0. The molecule has 2 unspecified atom stereocenters. The Kier molecular flexibility index (Phi) is 3.87. The zero-order valence-electron chi connectivity index (χ0n) is 13.8. The second-order valence-corrected chi connectivity index (χ2v) is 7.95. The molecule has 0 bridgehead atoms. The Morgan fingerprint density at radius 1 is 0.783 bits per heavy atom. The normalized spacial score (nSPS) is 37.7. The summed E-state index contributed by atoms with van der Waals surface area (Å²) in [6.45, 7) is 0. The lowest BCUT2D eigenvalue weighted by molar-refractivity contribution is -0.154. The molecule has 0 aliphatic heterocycles. The largest absolute Gasteiger partial charge is 0.299 e. The molecule has 1 aromatic rings. The third-order valence-electron chi connectivity index (χ3n) is 6.91. The zero-order chi connectivity index (χ0) is 15.9. The molecule has 122 valence electrons. The van der Waals surface area contributed by atoms with Gasteiger partial charge in [0.25, 0.3) is 0 Å². The molecule has 3 aliphatic carbocycles. The maximum Gasteiger partial charge on any atom is 0.146 e. The van der Waals surface area contributed by atoms with Gasteiger partial charge in [0.15, 0.2) is 0 Å². The summed E-state index contributed by atoms with van der Waals surface area (Å²) in [4.78, 5) is 24.3. The molecule has 0 saturated heterocycles. The number of rotatable bonds is 2. The Balaban J connectivity index is 1.39. The van der Waals surface area contributed by atoms with Crippen molar-refractivity contribution in [3.05, 3.63) is 35.9 Å². The van der Waals surface area contributed by atoms with Gasteiger partial charge in [0, 0.05) is 12.8 Å². The Bertz CT molecular complexity index is 598. The van der Waals surface area contributed by atoms with Crippen LogP contribution >= 0.6 is 0 Å². The van der Waals surface area contributed by atoms with E-state index in [9.17, 15) is 9.59 Å². The Morgan fingerprint density at radius 3 is 2.09 bits per heavy atom. The molecular weight excluding hydrogens is 284 g/mol. The Hall–Kier alpha value is -1.44. The van der Waals surface area contributed by atoms with Crippen molar-refractivity contribution in [1.29, 1.82) is 0 Å². The molecule has 23 heavy (non-hydrogen) atoms. The molecule has 0 radical (unpaired) electrons. The second-order valence-electron chi connectivity index (χ2n) is 7.95. The SMILES string of the molecule is O=C1CCC(C2CCC(c3ccccc3)CC2)CC12CCC2=O. The molecule has 1 aromatic carbocycles. The molecule has 4 rings (SSSR count). The van der Waals surface area contributed by atoms with E-state index in [1.54, 1.807) is 0 Å². The van der Waals surface area contributed by atoms with Crippen LogP contribution in [0.5, 0.6) is 0 Å². The van der Waals surface area contributed by atoms with E-state index in [0.717, 1.165) is 25.2 Å². The Labute approximate surface area is 138 Å². The monoisotopic (exact) mass is 310 g/mol. The molecule has 2 heteroatoms. The number of carbonyl (C=O) groups excluding carboxylic acids is 2. The summed E-state index contributed by atoms with van der Waals surface area (Å²) in [6, 6.07) is 10.9. The van der Waals surface area contributed by atoms with Gasteiger partial charge in [-0.3, -0.25) is 9.59 Å². The molecule has 0 N–H and O–H groups in total. The Morgan fingerprint density at radius 2 is 1.48 bits per heavy atom. The van der Waals surface area contributed by atoms with E-state index in [2.05, 4.69) is 30.3 Å². The lowest BCUT2D eigenvalue weighted by atomic mass is 9.54. The third-order valence-corrected chi connectivity index (χ3v) is 6.91. The summed E-state index contributed by atoms with van der Waals surface area (Å²) in [6.07, 6.45) is 9.07. The van der Waals surface area contributed by atoms with Gasteiger partial charge in [0.05, 0.1) is 5.41 Å². The van der Waals surface area contributed by atoms with Crippen molar-refractivity contribution in [3.8, 4) is 0 Å². The number of hydrogen-bond donors (Lipinski definition) is 0. The van der Waals surface area contributed by atoms with Crippen molar-refractivity contribution in [2.45, 2.75) is 63.7 Å². The highest BCUT2D eigenvalue weighted by Gasteiger charge is 2.55. The zero-order valence-corrected chi connectivity index (χ0v) is 13.8. The van der Waals surface area contributed by atoms with Crippen LogP contribution < -0.4 is 0 Å². The van der Waals surface area contributed by atoms with Gasteiger partial charge in [0.1, 0.15) is 11.6 Å². The summed E-state index contributed by atoms with van der Waals surface area (Å²) in [5.74, 6) is 2.53. The quantitative estimate of drug-likeness (QED) is 0.743. The van der Waals surface area contributed by atoms with Crippen molar-refractivity contribution in [2.24, 2.45) is 17.3 Å². The average molecular weight is 310 g/mol. The lowest BCUT2D eigenvalue weighted by Gasteiger charge is -2.47. The molecule has 3 fully saturated rings. The van der Waals surface area contributed by atoms with Crippen LogP contribution in [0.15, 0.2) is 30.3 Å². The van der Waals surface area contributed by atoms with E-state index >= 15 is 0 Å². The van der Waals surface area contributed by atoms with Crippen LogP contribution in [-0.2, 0) is 9.59 Å². The minimum atomic E-state index is -0.529. The van der Waals surface area contributed by atoms with Gasteiger partial charge in [-0.2, -0.15) is 0 Å². The van der Waals surface area contributed by atoms with Crippen LogP contribution in [0.25, 0.3) is 0 Å². The maximum atomic E-state index is 12.3. The van der Waals surface area contributed by atoms with Crippen LogP contribution in [-0.4, -0.2) is 11.6 Å². The standard InChI is InChI=1S/C21H26O2/c22-19-11-10-18(14-21(19)13-12-20(21)23)17-8-6-16(7-9-17)15-4-2-1-3-5-15/h1-5,16-18H,6-14H2. The van der Waals surface area contributed by atoms with E-state index in [0.29, 0.717) is 24.7 Å². The predicted octanol–water partition coefficient (Wildman–Crippen LogP) is 4.68. The summed E-state index contributed by atoms with van der Waals surface area (Å²) >= 11 is 0. The fourth-order valence-electron chi connectivity index (χ4n) is 5.31. The number of benzene rings is 1. The highest BCUT2D eigenvalue weighted by atomic mass is 16.2. The van der Waals surface area contributed by atoms with Crippen LogP contribution in [0.4, 0.5) is 0 Å². The van der Waals surface area contributed by atoms with Crippen molar-refractivity contribution in [3.63, 3.8) is 0 Å². The molecule has 3 saturated carbocycles. The number of Topliss-reactive ketones (excluding diaryl/α,β-unsaturated/α-hetero) is 2. The summed E-state index contributed by atoms with van der Waals surface area (Å²) in [7, 11) is 0. The second kappa shape index (κ2) is 5.89. The number of carbonyl (C=O) groups is 2. The molecule has 0 heterocycles. The van der Waals surface area contributed by atoms with Crippen molar-refractivity contribution in [1.82, 2.24) is 0 Å². The average Bonchev–Trinajstić information content (AvgIpc) is 2.62. The maximum absolute atomic E-state index is 12.3. The molecule has 2 nitrogen and oxygen atoms in total. The van der Waals surface area contributed by atoms with Crippen molar-refractivity contribution in [2.75, 3.05) is 0 Å². The van der Waals surface area contributed by atoms with Gasteiger partial charge in [-0.1, -0.05) is 30.3 Å². The van der Waals surface area contributed by atoms with E-state index in [4.69, 9.17) is 0 Å². The summed E-state index contributed by atoms with van der Waals surface area (Å²) in [5.41, 5.74) is 0.953. The first kappa shape index (κ1) is 15.1. The van der Waals surface area contributed by atoms with Gasteiger partial charge in [0.2, 0.25) is 0 Å². The van der Waals surface area contributed by atoms with Gasteiger partial charge >= 0.3 is 0 Å². The fourth-order valence-corrected chi connectivity index (χ4v) is 5.31. The third kappa shape index (κ3) is 2.56. The van der Waals surface area contributed by atoms with Crippen LogP contribution in [0.2, 0.25) is 0 Å². The fraction of sp³-hybridized carbons (Fsp3) is 0.619. The smallest absolute Gasteiger partial charge is 0.146 e. The van der Waals surface area contributed by atoms with Crippen molar-refractivity contribution >= 4 is 11.6 Å². The molecular formula is C21H26O2. The van der Waals surface area contributed by atoms with Gasteiger partial charge in [-0.05, 0) is 68.3 Å². The molecule has 0 aromatic heterocycles. The number of ketones is 2. The highest BCUT2D eigenvalue weighted by Crippen LogP contribution is 2.52. The molecule has 1 spiro atoms. The van der Waals surface area contributed by atoms with Crippen LogP contribution in [0.1, 0.15) is 69.3 Å². The minimum absolute atomic E-state index is 0.241. The van der Waals surface area contributed by atoms with E-state index in [1.165, 1.54) is 31.2 Å². The first-order valence-corrected chi connectivity index (χ1v) is 9.30. The first-order valence-electron chi connectivity index (χ1n) is 9.30. The van der Waals surface area contributed by atoms with E-state index < -0.39 is 5.41 Å². The van der Waals surface area contributed by atoms with Crippen LogP contribution in [0, 0.1) is 17.3 Å². The predicted molar refractivity (Wildman–Crippen MR) is 90.2 cm³/mol. The van der Waals surface area contributed by atoms with Crippen LogP contribution in [0.3, 0.4) is 0 Å². The summed E-state index contributed by atoms with van der Waals surface area (Å²) < 4.78 is 0. The van der Waals surface area contributed by atoms with Gasteiger partial charge in [-0.15, -0.1) is 0 Å². The van der Waals surface area contributed by atoms with Gasteiger partial charge < -0.3 is 0 Å². The first-order chi connectivity index (χ1) is 11.2. The topological polar surface area (TPSA) is 34.1 Å². The number of hydrogen-bond acceptors (Lipinski definition) is 2. The van der Waals surface area contributed by atoms with E-state index in [-0.39, 0.29) is 11.6 Å². The van der Waals surface area contributed by atoms with Gasteiger partial charge in [-0.25, -0.2) is 0 Å².